The number of carbonyl (C=O) groups excluding carboxylic acids is 1. The van der Waals surface area contributed by atoms with E-state index in [1.54, 1.807) is 0 Å². The van der Waals surface area contributed by atoms with Crippen LogP contribution in [0.4, 0.5) is 0 Å². The van der Waals surface area contributed by atoms with Gasteiger partial charge in [-0.15, -0.1) is 0 Å². The lowest BCUT2D eigenvalue weighted by Gasteiger charge is -2.11. The Morgan fingerprint density at radius 3 is 1.27 bits per heavy atom. The molecule has 0 radical (unpaired) electrons. The van der Waals surface area contributed by atoms with Crippen molar-refractivity contribution in [1.29, 1.82) is 0 Å². The second-order valence-electron chi connectivity index (χ2n) is 12.1. The van der Waals surface area contributed by atoms with Crippen LogP contribution in [0.25, 0.3) is 0 Å². The van der Waals surface area contributed by atoms with Crippen LogP contribution in [0.1, 0.15) is 194 Å². The van der Waals surface area contributed by atoms with E-state index in [4.69, 9.17) is 9.84 Å². The molecule has 0 saturated heterocycles. The monoisotopic (exact) mass is 565 g/mol. The number of carboxylic acids is 1. The number of unbranched alkanes of at least 4 members (excludes halogenated alkanes) is 24. The molecule has 1 N–H and O–H groups in total. The van der Waals surface area contributed by atoms with E-state index in [0.29, 0.717) is 13.0 Å². The molecule has 4 nitrogen and oxygen atoms in total. The predicted molar refractivity (Wildman–Crippen MR) is 172 cm³/mol. The predicted octanol–water partition coefficient (Wildman–Crippen LogP) is 11.7. The molecule has 236 valence electrons. The van der Waals surface area contributed by atoms with E-state index in [9.17, 15) is 9.59 Å². The summed E-state index contributed by atoms with van der Waals surface area (Å²) in [6, 6.07) is 0. The van der Waals surface area contributed by atoms with Crippen LogP contribution in [0.5, 0.6) is 0 Å². The zero-order valence-electron chi connectivity index (χ0n) is 26.9. The molecule has 0 aromatic carbocycles. The van der Waals surface area contributed by atoms with Gasteiger partial charge in [0.15, 0.2) is 0 Å². The van der Waals surface area contributed by atoms with E-state index in [1.807, 2.05) is 13.0 Å². The third-order valence-corrected chi connectivity index (χ3v) is 8.01. The maximum atomic E-state index is 12.0. The van der Waals surface area contributed by atoms with Gasteiger partial charge in [0.05, 0.1) is 18.9 Å². The van der Waals surface area contributed by atoms with E-state index < -0.39 is 11.9 Å². The van der Waals surface area contributed by atoms with Gasteiger partial charge in [-0.3, -0.25) is 9.59 Å². The molecule has 0 aliphatic carbocycles. The number of ether oxygens (including phenoxy) is 1. The number of aliphatic carboxylic acids is 1. The number of esters is 1. The molecule has 0 spiro atoms. The Labute approximate surface area is 249 Å². The zero-order valence-corrected chi connectivity index (χ0v) is 26.9. The number of hydrogen-bond acceptors (Lipinski definition) is 3. The molecule has 1 atom stereocenters. The summed E-state index contributed by atoms with van der Waals surface area (Å²) in [5.74, 6) is -1.90. The molecule has 40 heavy (non-hydrogen) atoms. The van der Waals surface area contributed by atoms with Gasteiger partial charge >= 0.3 is 11.9 Å². The van der Waals surface area contributed by atoms with Crippen LogP contribution in [-0.2, 0) is 14.3 Å². The number of rotatable bonds is 32. The smallest absolute Gasteiger partial charge is 0.309 e. The first-order chi connectivity index (χ1) is 19.6. The van der Waals surface area contributed by atoms with Crippen molar-refractivity contribution in [3.8, 4) is 0 Å². The first kappa shape index (κ1) is 38.7. The normalized spacial score (nSPS) is 12.2. The summed E-state index contributed by atoms with van der Waals surface area (Å²) in [6.07, 6.45) is 39.8. The van der Waals surface area contributed by atoms with Gasteiger partial charge in [-0.2, -0.15) is 0 Å². The number of carbonyl (C=O) groups is 2. The third-order valence-electron chi connectivity index (χ3n) is 8.01. The standard InChI is InChI=1S/C36H68O4/c1-3-5-6-7-8-9-10-11-12-13-14-15-16-17-18-19-20-21-22-23-24-25-26-27-28-29-30-31-34(33-35(37)38)36(39)40-32-4-2/h29-30,34H,3-28,31-33H2,1-2H3,(H,37,38)/b30-29+. The van der Waals surface area contributed by atoms with Crippen LogP contribution in [0.2, 0.25) is 0 Å². The lowest BCUT2D eigenvalue weighted by Crippen LogP contribution is -2.20. The van der Waals surface area contributed by atoms with Crippen LogP contribution in [0.15, 0.2) is 12.2 Å². The Kier molecular flexibility index (Phi) is 31.1. The molecule has 0 aliphatic heterocycles. The summed E-state index contributed by atoms with van der Waals surface area (Å²) >= 11 is 0. The number of hydrogen-bond donors (Lipinski definition) is 1. The zero-order chi connectivity index (χ0) is 29.4. The fourth-order valence-electron chi connectivity index (χ4n) is 5.40. The third kappa shape index (κ3) is 29.7. The molecule has 0 bridgehead atoms. The first-order valence-electron chi connectivity index (χ1n) is 17.6. The molecule has 1 unspecified atom stereocenters. The van der Waals surface area contributed by atoms with E-state index in [-0.39, 0.29) is 12.4 Å². The number of allylic oxidation sites excluding steroid dienone is 2. The molecule has 0 saturated carbocycles. The van der Waals surface area contributed by atoms with Crippen molar-refractivity contribution >= 4 is 11.9 Å². The highest BCUT2D eigenvalue weighted by Crippen LogP contribution is 2.16. The summed E-state index contributed by atoms with van der Waals surface area (Å²) in [5.41, 5.74) is 0. The van der Waals surface area contributed by atoms with Crippen LogP contribution in [0, 0.1) is 5.92 Å². The Balaban J connectivity index is 3.35. The Morgan fingerprint density at radius 1 is 0.550 bits per heavy atom. The molecule has 0 aromatic heterocycles. The van der Waals surface area contributed by atoms with Crippen LogP contribution in [-0.4, -0.2) is 23.7 Å². The quantitative estimate of drug-likeness (QED) is 0.0501. The molecule has 0 heterocycles. The lowest BCUT2D eigenvalue weighted by atomic mass is 10.0. The van der Waals surface area contributed by atoms with Gasteiger partial charge in [0, 0.05) is 0 Å². The van der Waals surface area contributed by atoms with E-state index in [2.05, 4.69) is 13.0 Å². The SMILES string of the molecule is CCCCCCCCCCCCCCCCCCCCCCCCCC/C=C/CC(CC(=O)O)C(=O)OCCC. The summed E-state index contributed by atoms with van der Waals surface area (Å²) in [4.78, 5) is 23.0. The fraction of sp³-hybridized carbons (Fsp3) is 0.889. The maximum absolute atomic E-state index is 12.0. The van der Waals surface area contributed by atoms with Crippen LogP contribution >= 0.6 is 0 Å². The first-order valence-corrected chi connectivity index (χ1v) is 17.6. The Bertz CT molecular complexity index is 571. The molecule has 0 aliphatic rings. The van der Waals surface area contributed by atoms with Gasteiger partial charge in [-0.25, -0.2) is 0 Å². The largest absolute Gasteiger partial charge is 0.481 e. The fourth-order valence-corrected chi connectivity index (χ4v) is 5.40. The Morgan fingerprint density at radius 2 is 0.925 bits per heavy atom. The van der Waals surface area contributed by atoms with Crippen molar-refractivity contribution in [3.05, 3.63) is 12.2 Å². The summed E-state index contributed by atoms with van der Waals surface area (Å²) in [6.45, 7) is 4.58. The average molecular weight is 565 g/mol. The van der Waals surface area contributed by atoms with Gasteiger partial charge in [-0.1, -0.05) is 174 Å². The summed E-state index contributed by atoms with van der Waals surface area (Å²) in [7, 11) is 0. The molecule has 0 fully saturated rings. The lowest BCUT2D eigenvalue weighted by molar-refractivity contribution is -0.153. The van der Waals surface area contributed by atoms with Gasteiger partial charge in [0.1, 0.15) is 0 Å². The highest BCUT2D eigenvalue weighted by atomic mass is 16.5. The second kappa shape index (κ2) is 32.2. The molecule has 0 amide bonds. The van der Waals surface area contributed by atoms with Crippen molar-refractivity contribution in [2.24, 2.45) is 5.92 Å². The van der Waals surface area contributed by atoms with Crippen LogP contribution < -0.4 is 0 Å². The minimum absolute atomic E-state index is 0.160. The summed E-state index contributed by atoms with van der Waals surface area (Å²) < 4.78 is 5.13. The topological polar surface area (TPSA) is 63.6 Å². The van der Waals surface area contributed by atoms with Crippen molar-refractivity contribution in [2.75, 3.05) is 6.61 Å². The second-order valence-corrected chi connectivity index (χ2v) is 12.1. The van der Waals surface area contributed by atoms with E-state index in [1.165, 1.54) is 154 Å². The van der Waals surface area contributed by atoms with E-state index in [0.717, 1.165) is 12.8 Å². The van der Waals surface area contributed by atoms with Crippen molar-refractivity contribution in [2.45, 2.75) is 194 Å². The van der Waals surface area contributed by atoms with Gasteiger partial charge in [0.25, 0.3) is 0 Å². The average Bonchev–Trinajstić information content (AvgIpc) is 2.94. The van der Waals surface area contributed by atoms with Gasteiger partial charge < -0.3 is 9.84 Å². The molecular weight excluding hydrogens is 496 g/mol. The minimum Gasteiger partial charge on any atom is -0.481 e. The molecule has 0 aromatic rings. The highest BCUT2D eigenvalue weighted by Gasteiger charge is 2.21. The molecule has 4 heteroatoms. The van der Waals surface area contributed by atoms with Gasteiger partial charge in [0.2, 0.25) is 0 Å². The molecular formula is C36H68O4. The highest BCUT2D eigenvalue weighted by molar-refractivity contribution is 5.79. The van der Waals surface area contributed by atoms with Crippen molar-refractivity contribution < 1.29 is 19.4 Å². The van der Waals surface area contributed by atoms with Crippen molar-refractivity contribution in [1.82, 2.24) is 0 Å². The summed E-state index contributed by atoms with van der Waals surface area (Å²) in [5, 5.41) is 9.03. The number of carboxylic acid groups (broad SMARTS) is 1. The maximum Gasteiger partial charge on any atom is 0.309 e. The minimum atomic E-state index is -0.947. The molecule has 0 rings (SSSR count). The Hall–Kier alpha value is -1.32. The van der Waals surface area contributed by atoms with E-state index >= 15 is 0 Å². The van der Waals surface area contributed by atoms with Crippen molar-refractivity contribution in [3.63, 3.8) is 0 Å². The van der Waals surface area contributed by atoms with Crippen LogP contribution in [0.3, 0.4) is 0 Å². The van der Waals surface area contributed by atoms with Gasteiger partial charge in [-0.05, 0) is 25.7 Å².